The van der Waals surface area contributed by atoms with Crippen LogP contribution in [0, 0.1) is 0 Å². The van der Waals surface area contributed by atoms with E-state index < -0.39 is 6.03 Å². The van der Waals surface area contributed by atoms with E-state index in [4.69, 9.17) is 5.73 Å². The number of nitrogens with two attached hydrogens (primary N) is 1. The van der Waals surface area contributed by atoms with Crippen LogP contribution in [0.3, 0.4) is 0 Å². The van der Waals surface area contributed by atoms with Crippen molar-refractivity contribution in [2.45, 2.75) is 44.6 Å². The molecule has 0 radical (unpaired) electrons. The van der Waals surface area contributed by atoms with E-state index in [1.165, 1.54) is 6.42 Å². The number of benzene rings is 2. The Morgan fingerprint density at radius 2 is 1.56 bits per heavy atom. The van der Waals surface area contributed by atoms with Gasteiger partial charge in [-0.2, -0.15) is 0 Å². The molecule has 4 rings (SSSR count). The molecule has 0 aliphatic carbocycles. The van der Waals surface area contributed by atoms with Crippen molar-refractivity contribution in [2.24, 2.45) is 5.73 Å². The van der Waals surface area contributed by atoms with E-state index in [1.54, 1.807) is 41.3 Å². The zero-order valence-corrected chi connectivity index (χ0v) is 19.3. The van der Waals surface area contributed by atoms with Gasteiger partial charge in [-0.3, -0.25) is 9.59 Å². The number of ketones is 1. The van der Waals surface area contributed by atoms with E-state index in [0.29, 0.717) is 30.6 Å². The van der Waals surface area contributed by atoms with Gasteiger partial charge < -0.3 is 26.0 Å². The minimum Gasteiger partial charge on any atom is -0.507 e. The van der Waals surface area contributed by atoms with Crippen LogP contribution in [0.5, 0.6) is 5.75 Å². The van der Waals surface area contributed by atoms with Crippen molar-refractivity contribution in [1.29, 1.82) is 0 Å². The van der Waals surface area contributed by atoms with E-state index in [9.17, 15) is 19.5 Å². The van der Waals surface area contributed by atoms with E-state index in [1.807, 2.05) is 6.07 Å². The first-order valence-corrected chi connectivity index (χ1v) is 12.0. The molecule has 2 saturated heterocycles. The van der Waals surface area contributed by atoms with Crippen LogP contribution in [0.2, 0.25) is 0 Å². The lowest BCUT2D eigenvalue weighted by Gasteiger charge is -2.29. The number of anilines is 1. The third kappa shape index (κ3) is 5.50. The van der Waals surface area contributed by atoms with Crippen LogP contribution in [0.15, 0.2) is 42.5 Å². The summed E-state index contributed by atoms with van der Waals surface area (Å²) in [5, 5.41) is 13.4. The van der Waals surface area contributed by atoms with Crippen molar-refractivity contribution in [1.82, 2.24) is 10.2 Å². The second-order valence-corrected chi connectivity index (χ2v) is 9.08. The molecule has 34 heavy (non-hydrogen) atoms. The Balaban J connectivity index is 1.41. The van der Waals surface area contributed by atoms with E-state index in [0.717, 1.165) is 44.5 Å². The summed E-state index contributed by atoms with van der Waals surface area (Å²) in [5.74, 6) is -0.545. The lowest BCUT2D eigenvalue weighted by Crippen LogP contribution is -2.38. The number of piperidine rings is 1. The molecule has 0 unspecified atom stereocenters. The van der Waals surface area contributed by atoms with Gasteiger partial charge in [0.25, 0.3) is 5.91 Å². The fraction of sp³-hybridized carbons (Fsp3) is 0.423. The number of phenolic OH excluding ortho intramolecular Hbond substituents is 1. The van der Waals surface area contributed by atoms with E-state index >= 15 is 0 Å². The molecule has 1 atom stereocenters. The lowest BCUT2D eigenvalue weighted by molar-refractivity contribution is 0.0932. The molecule has 8 nitrogen and oxygen atoms in total. The largest absolute Gasteiger partial charge is 0.507 e. The second kappa shape index (κ2) is 10.6. The number of carbonyl (C=O) groups is 3. The molecule has 2 aliphatic heterocycles. The molecule has 2 aliphatic rings. The van der Waals surface area contributed by atoms with Crippen LogP contribution in [0.1, 0.15) is 64.8 Å². The number of carbonyl (C=O) groups excluding carboxylic acids is 3. The maximum Gasteiger partial charge on any atom is 0.314 e. The second-order valence-electron chi connectivity index (χ2n) is 9.08. The molecule has 0 saturated carbocycles. The van der Waals surface area contributed by atoms with Crippen molar-refractivity contribution in [3.05, 3.63) is 59.2 Å². The number of rotatable bonds is 5. The molecule has 0 bridgehead atoms. The molecule has 0 aromatic heterocycles. The highest BCUT2D eigenvalue weighted by Gasteiger charge is 2.22. The summed E-state index contributed by atoms with van der Waals surface area (Å²) in [6.07, 6.45) is 5.67. The average molecular weight is 465 g/mol. The number of nitrogens with one attached hydrogen (secondary N) is 1. The van der Waals surface area contributed by atoms with Gasteiger partial charge in [-0.1, -0.05) is 12.1 Å². The molecule has 4 N–H and O–H groups in total. The molecule has 2 fully saturated rings. The van der Waals surface area contributed by atoms with Gasteiger partial charge in [-0.25, -0.2) is 4.79 Å². The molecule has 8 heteroatoms. The molecule has 2 aromatic carbocycles. The maximum absolute atomic E-state index is 13.1. The standard InChI is InChI=1S/C26H32N4O4/c27-26(34)30-15-4-5-20(12-16-30)28-25(33)19-8-6-18(7-9-19)24(32)22-17-21(10-11-23(22)31)29-13-2-1-3-14-29/h6-11,17,20,31H,1-5,12-16H2,(H2,27,34)(H,28,33)/t20-/m0/s1. The molecular formula is C26H32N4O4. The number of primary amides is 1. The Bertz CT molecular complexity index is 1050. The molecule has 2 heterocycles. The van der Waals surface area contributed by atoms with Crippen molar-refractivity contribution in [2.75, 3.05) is 31.1 Å². The van der Waals surface area contributed by atoms with Gasteiger partial charge in [0.15, 0.2) is 5.78 Å². The summed E-state index contributed by atoms with van der Waals surface area (Å²) in [4.78, 5) is 41.0. The first-order chi connectivity index (χ1) is 16.4. The highest BCUT2D eigenvalue weighted by molar-refractivity contribution is 6.11. The quantitative estimate of drug-likeness (QED) is 0.588. The Morgan fingerprint density at radius 3 is 2.26 bits per heavy atom. The molecule has 0 spiro atoms. The number of hydrogen-bond acceptors (Lipinski definition) is 5. The van der Waals surface area contributed by atoms with Crippen LogP contribution in [-0.2, 0) is 0 Å². The Morgan fingerprint density at radius 1 is 0.853 bits per heavy atom. The molecule has 2 aromatic rings. The third-order valence-electron chi connectivity index (χ3n) is 6.73. The van der Waals surface area contributed by atoms with Gasteiger partial charge in [0, 0.05) is 49.0 Å². The molecule has 180 valence electrons. The maximum atomic E-state index is 13.1. The lowest BCUT2D eigenvalue weighted by atomic mass is 9.99. The van der Waals surface area contributed by atoms with Crippen molar-refractivity contribution >= 4 is 23.4 Å². The topological polar surface area (TPSA) is 116 Å². The summed E-state index contributed by atoms with van der Waals surface area (Å²) in [7, 11) is 0. The van der Waals surface area contributed by atoms with Gasteiger partial charge >= 0.3 is 6.03 Å². The Kier molecular flexibility index (Phi) is 7.35. The predicted molar refractivity (Wildman–Crippen MR) is 130 cm³/mol. The Hall–Kier alpha value is -3.55. The minimum absolute atomic E-state index is 0.0346. The number of phenols is 1. The highest BCUT2D eigenvalue weighted by atomic mass is 16.3. The predicted octanol–water partition coefficient (Wildman–Crippen LogP) is 3.28. The number of amides is 3. The number of hydrogen-bond donors (Lipinski definition) is 3. The fourth-order valence-electron chi connectivity index (χ4n) is 4.71. The van der Waals surface area contributed by atoms with Crippen LogP contribution in [0.25, 0.3) is 0 Å². The fourth-order valence-corrected chi connectivity index (χ4v) is 4.71. The zero-order chi connectivity index (χ0) is 24.1. The Labute approximate surface area is 199 Å². The SMILES string of the molecule is NC(=O)N1CCC[C@H](NC(=O)c2ccc(C(=O)c3cc(N4CCCCC4)ccc3O)cc2)CC1. The first kappa shape index (κ1) is 23.6. The van der Waals surface area contributed by atoms with Gasteiger partial charge in [0.05, 0.1) is 5.56 Å². The minimum atomic E-state index is -0.431. The third-order valence-corrected chi connectivity index (χ3v) is 6.73. The molecular weight excluding hydrogens is 432 g/mol. The van der Waals surface area contributed by atoms with Crippen LogP contribution in [0.4, 0.5) is 10.5 Å². The van der Waals surface area contributed by atoms with E-state index in [-0.39, 0.29) is 29.0 Å². The monoisotopic (exact) mass is 464 g/mol. The van der Waals surface area contributed by atoms with Crippen molar-refractivity contribution < 1.29 is 19.5 Å². The number of aromatic hydroxyl groups is 1. The normalized spacial score (nSPS) is 18.8. The highest BCUT2D eigenvalue weighted by Crippen LogP contribution is 2.28. The molecule has 3 amide bonds. The van der Waals surface area contributed by atoms with Crippen LogP contribution >= 0.6 is 0 Å². The number of urea groups is 1. The van der Waals surface area contributed by atoms with E-state index in [2.05, 4.69) is 10.2 Å². The van der Waals surface area contributed by atoms with Crippen molar-refractivity contribution in [3.63, 3.8) is 0 Å². The van der Waals surface area contributed by atoms with Crippen molar-refractivity contribution in [3.8, 4) is 5.75 Å². The van der Waals surface area contributed by atoms with Gasteiger partial charge in [0.2, 0.25) is 0 Å². The van der Waals surface area contributed by atoms with Gasteiger partial charge in [-0.15, -0.1) is 0 Å². The first-order valence-electron chi connectivity index (χ1n) is 12.0. The summed E-state index contributed by atoms with van der Waals surface area (Å²) in [6, 6.07) is 11.2. The smallest absolute Gasteiger partial charge is 0.314 e. The van der Waals surface area contributed by atoms with Crippen LogP contribution in [-0.4, -0.2) is 59.9 Å². The number of nitrogens with zero attached hydrogens (tertiary/aromatic N) is 2. The zero-order valence-electron chi connectivity index (χ0n) is 19.3. The van der Waals surface area contributed by atoms with Gasteiger partial charge in [-0.05, 0) is 68.9 Å². The summed E-state index contributed by atoms with van der Waals surface area (Å²) in [6.45, 7) is 3.02. The summed E-state index contributed by atoms with van der Waals surface area (Å²) in [5.41, 5.74) is 7.43. The average Bonchev–Trinajstić information content (AvgIpc) is 3.10. The van der Waals surface area contributed by atoms with Gasteiger partial charge in [0.1, 0.15) is 5.75 Å². The number of likely N-dealkylation sites (tertiary alicyclic amines) is 1. The summed E-state index contributed by atoms with van der Waals surface area (Å²) < 4.78 is 0. The van der Waals surface area contributed by atoms with Crippen LogP contribution < -0.4 is 16.0 Å². The summed E-state index contributed by atoms with van der Waals surface area (Å²) >= 11 is 0.